The molecule has 1 aromatic carbocycles. The molecule has 2 nitrogen and oxygen atoms in total. The number of hydrogen-bond acceptors (Lipinski definition) is 2. The van der Waals surface area contributed by atoms with Crippen LogP contribution in [-0.2, 0) is 0 Å². The van der Waals surface area contributed by atoms with Crippen molar-refractivity contribution in [3.63, 3.8) is 0 Å². The summed E-state index contributed by atoms with van der Waals surface area (Å²) >= 11 is 0. The largest absolute Gasteiger partial charge is 0.436 e. The van der Waals surface area contributed by atoms with E-state index >= 15 is 0 Å². The molecule has 0 saturated heterocycles. The maximum atomic E-state index is 12.8. The van der Waals surface area contributed by atoms with E-state index in [9.17, 15) is 4.20 Å². The van der Waals surface area contributed by atoms with Crippen LogP contribution in [0.2, 0.25) is 0 Å². The second kappa shape index (κ2) is 8.59. The second-order valence-electron chi connectivity index (χ2n) is 5.49. The number of hydrogen-bond donors (Lipinski definition) is 1. The minimum Gasteiger partial charge on any atom is -0.424 e. The van der Waals surface area contributed by atoms with Gasteiger partial charge >= 0.3 is 8.69 Å². The minimum atomic E-state index is -2.86. The van der Waals surface area contributed by atoms with Crippen LogP contribution in [0.5, 0.6) is 5.75 Å². The van der Waals surface area contributed by atoms with Gasteiger partial charge in [-0.05, 0) is 41.9 Å². The first-order valence-corrected chi connectivity index (χ1v) is 8.56. The van der Waals surface area contributed by atoms with Gasteiger partial charge in [-0.15, -0.1) is 4.20 Å². The Morgan fingerprint density at radius 3 is 2.30 bits per heavy atom. The summed E-state index contributed by atoms with van der Waals surface area (Å²) in [7, 11) is -2.86. The van der Waals surface area contributed by atoms with Crippen LogP contribution in [0.4, 0.5) is 4.20 Å². The van der Waals surface area contributed by atoms with Crippen molar-refractivity contribution in [2.45, 2.75) is 65.2 Å². The van der Waals surface area contributed by atoms with Gasteiger partial charge in [-0.3, -0.25) is 0 Å². The van der Waals surface area contributed by atoms with Gasteiger partial charge in [0.05, 0.1) is 0 Å². The Bertz CT molecular complexity index is 409. The van der Waals surface area contributed by atoms with E-state index in [0.717, 1.165) is 31.2 Å². The number of halogens is 1. The lowest BCUT2D eigenvalue weighted by Gasteiger charge is -2.19. The zero-order chi connectivity index (χ0) is 15.1. The van der Waals surface area contributed by atoms with Crippen molar-refractivity contribution in [3.05, 3.63) is 29.3 Å². The molecular formula is C16H26FO2P. The van der Waals surface area contributed by atoms with Crippen molar-refractivity contribution < 1.29 is 13.6 Å². The third kappa shape index (κ3) is 5.03. The van der Waals surface area contributed by atoms with E-state index in [4.69, 9.17) is 9.42 Å². The molecular weight excluding hydrogens is 274 g/mol. The molecule has 0 aliphatic carbocycles. The van der Waals surface area contributed by atoms with Gasteiger partial charge in [0.15, 0.2) is 0 Å². The molecule has 0 saturated carbocycles. The average Bonchev–Trinajstić information content (AvgIpc) is 2.39. The van der Waals surface area contributed by atoms with Gasteiger partial charge in [0.2, 0.25) is 0 Å². The molecule has 0 aromatic heterocycles. The van der Waals surface area contributed by atoms with E-state index in [1.807, 2.05) is 6.07 Å². The first-order valence-electron chi connectivity index (χ1n) is 7.46. The van der Waals surface area contributed by atoms with Crippen LogP contribution in [0.15, 0.2) is 18.2 Å². The van der Waals surface area contributed by atoms with Crippen LogP contribution >= 0.6 is 8.69 Å². The topological polar surface area (TPSA) is 29.5 Å². The van der Waals surface area contributed by atoms with E-state index in [1.54, 1.807) is 6.07 Å². The van der Waals surface area contributed by atoms with Crippen molar-refractivity contribution >= 4 is 8.69 Å². The molecule has 0 radical (unpaired) electrons. The smallest absolute Gasteiger partial charge is 0.424 e. The van der Waals surface area contributed by atoms with Crippen molar-refractivity contribution in [2.75, 3.05) is 0 Å². The van der Waals surface area contributed by atoms with Crippen molar-refractivity contribution in [1.82, 2.24) is 0 Å². The second-order valence-corrected chi connectivity index (χ2v) is 6.13. The highest BCUT2D eigenvalue weighted by Crippen LogP contribution is 2.41. The van der Waals surface area contributed by atoms with Crippen molar-refractivity contribution in [2.24, 2.45) is 0 Å². The molecule has 3 unspecified atom stereocenters. The van der Waals surface area contributed by atoms with Crippen LogP contribution in [-0.4, -0.2) is 4.89 Å². The SMILES string of the molecule is CCCC(C)c1ccc(OP(O)F)c(C(C)CCC)c1. The molecule has 1 rings (SSSR count). The predicted octanol–water partition coefficient (Wildman–Crippen LogP) is 6.06. The third-order valence-corrected chi connectivity index (χ3v) is 4.10. The Kier molecular flexibility index (Phi) is 7.47. The Balaban J connectivity index is 3.07. The summed E-state index contributed by atoms with van der Waals surface area (Å²) in [6.45, 7) is 8.64. The monoisotopic (exact) mass is 300 g/mol. The fourth-order valence-corrected chi connectivity index (χ4v) is 2.94. The Labute approximate surface area is 123 Å². The summed E-state index contributed by atoms with van der Waals surface area (Å²) in [5.41, 5.74) is 2.27. The minimum absolute atomic E-state index is 0.304. The van der Waals surface area contributed by atoms with E-state index in [2.05, 4.69) is 33.8 Å². The summed E-state index contributed by atoms with van der Waals surface area (Å²) in [6, 6.07) is 5.90. The molecule has 1 N–H and O–H groups in total. The lowest BCUT2D eigenvalue weighted by molar-refractivity contribution is 0.428. The molecule has 3 atom stereocenters. The van der Waals surface area contributed by atoms with Crippen LogP contribution in [0, 0.1) is 0 Å². The van der Waals surface area contributed by atoms with Gasteiger partial charge in [-0.2, -0.15) is 0 Å². The highest BCUT2D eigenvalue weighted by molar-refractivity contribution is 7.40. The summed E-state index contributed by atoms with van der Waals surface area (Å²) < 4.78 is 17.8. The highest BCUT2D eigenvalue weighted by atomic mass is 31.2. The lowest BCUT2D eigenvalue weighted by atomic mass is 9.89. The van der Waals surface area contributed by atoms with Gasteiger partial charge in [0.25, 0.3) is 0 Å². The molecule has 0 amide bonds. The van der Waals surface area contributed by atoms with Crippen LogP contribution < -0.4 is 4.52 Å². The molecule has 0 aliphatic rings. The van der Waals surface area contributed by atoms with Crippen LogP contribution in [0.1, 0.15) is 76.3 Å². The van der Waals surface area contributed by atoms with Crippen LogP contribution in [0.25, 0.3) is 0 Å². The molecule has 0 fully saturated rings. The van der Waals surface area contributed by atoms with Crippen molar-refractivity contribution in [1.29, 1.82) is 0 Å². The maximum Gasteiger partial charge on any atom is 0.436 e. The summed E-state index contributed by atoms with van der Waals surface area (Å²) in [5.74, 6) is 1.27. The molecule has 0 aliphatic heterocycles. The molecule has 0 spiro atoms. The third-order valence-electron chi connectivity index (χ3n) is 3.75. The number of benzene rings is 1. The van der Waals surface area contributed by atoms with Crippen molar-refractivity contribution in [3.8, 4) is 5.75 Å². The average molecular weight is 300 g/mol. The molecule has 20 heavy (non-hydrogen) atoms. The van der Waals surface area contributed by atoms with Gasteiger partial charge in [-0.1, -0.05) is 52.7 Å². The molecule has 4 heteroatoms. The quantitative estimate of drug-likeness (QED) is 0.591. The van der Waals surface area contributed by atoms with Gasteiger partial charge < -0.3 is 9.42 Å². The molecule has 0 heterocycles. The van der Waals surface area contributed by atoms with E-state index < -0.39 is 8.69 Å². The van der Waals surface area contributed by atoms with E-state index in [0.29, 0.717) is 17.6 Å². The number of rotatable bonds is 8. The maximum absolute atomic E-state index is 12.8. The molecule has 114 valence electrons. The molecule has 1 aromatic rings. The Morgan fingerprint density at radius 1 is 1.15 bits per heavy atom. The molecule has 0 bridgehead atoms. The van der Waals surface area contributed by atoms with Crippen LogP contribution in [0.3, 0.4) is 0 Å². The first-order chi connectivity index (χ1) is 9.49. The summed E-state index contributed by atoms with van der Waals surface area (Å²) in [6.07, 6.45) is 4.37. The summed E-state index contributed by atoms with van der Waals surface area (Å²) in [5, 5.41) is 0. The van der Waals surface area contributed by atoms with Gasteiger partial charge in [0.1, 0.15) is 5.75 Å². The Morgan fingerprint density at radius 2 is 1.75 bits per heavy atom. The first kappa shape index (κ1) is 17.4. The predicted molar refractivity (Wildman–Crippen MR) is 84.0 cm³/mol. The van der Waals surface area contributed by atoms with Gasteiger partial charge in [-0.25, -0.2) is 0 Å². The zero-order valence-electron chi connectivity index (χ0n) is 12.9. The lowest BCUT2D eigenvalue weighted by Crippen LogP contribution is -2.01. The van der Waals surface area contributed by atoms with E-state index in [1.165, 1.54) is 5.56 Å². The zero-order valence-corrected chi connectivity index (χ0v) is 13.8. The normalized spacial score (nSPS) is 15.7. The summed E-state index contributed by atoms with van der Waals surface area (Å²) in [4.78, 5) is 8.88. The van der Waals surface area contributed by atoms with Gasteiger partial charge in [0, 0.05) is 0 Å². The Hall–Kier alpha value is -0.660. The van der Waals surface area contributed by atoms with E-state index in [-0.39, 0.29) is 0 Å². The highest BCUT2D eigenvalue weighted by Gasteiger charge is 2.17. The standard InChI is InChI=1S/C16H26FO2P/c1-5-7-12(3)14-9-10-16(19-20(17)18)15(11-14)13(4)8-6-2/h9-13,18H,5-8H2,1-4H3. The fraction of sp³-hybridized carbons (Fsp3) is 0.625. The fourth-order valence-electron chi connectivity index (χ4n) is 2.61.